The molecule has 1 aromatic carbocycles. The van der Waals surface area contributed by atoms with Crippen LogP contribution in [0.15, 0.2) is 30.4 Å². The number of hydrogen-bond donors (Lipinski definition) is 2. The van der Waals surface area contributed by atoms with Crippen LogP contribution in [-0.2, 0) is 23.9 Å². The molecule has 41 heavy (non-hydrogen) atoms. The summed E-state index contributed by atoms with van der Waals surface area (Å²) in [6.45, 7) is 8.10. The number of nitrogens with zero attached hydrogens (tertiary/aromatic N) is 2. The van der Waals surface area contributed by atoms with Gasteiger partial charge in [0.2, 0.25) is 17.7 Å². The van der Waals surface area contributed by atoms with Gasteiger partial charge < -0.3 is 25.0 Å². The first-order chi connectivity index (χ1) is 19.7. The van der Waals surface area contributed by atoms with Gasteiger partial charge in [0.1, 0.15) is 17.5 Å². The van der Waals surface area contributed by atoms with Crippen molar-refractivity contribution in [3.63, 3.8) is 0 Å². The third-order valence-corrected chi connectivity index (χ3v) is 10.2. The molecule has 0 radical (unpaired) electrons. The molecule has 11 heteroatoms. The Morgan fingerprint density at radius 3 is 2.68 bits per heavy atom. The number of nitrogens with one attached hydrogen (secondary N) is 2. The lowest BCUT2D eigenvalue weighted by Gasteiger charge is -2.38. The molecular weight excluding hydrogens is 551 g/mol. The number of hydrogen-bond acceptors (Lipinski definition) is 6. The van der Waals surface area contributed by atoms with Crippen LogP contribution in [0.4, 0.5) is 10.1 Å². The van der Waals surface area contributed by atoms with E-state index in [9.17, 15) is 18.8 Å². The molecule has 2 N–H and O–H groups in total. The van der Waals surface area contributed by atoms with E-state index in [0.717, 1.165) is 32.4 Å². The van der Waals surface area contributed by atoms with Crippen LogP contribution in [0.5, 0.6) is 0 Å². The Labute approximate surface area is 244 Å². The third-order valence-electron chi connectivity index (χ3n) is 9.91. The Kier molecular flexibility index (Phi) is 7.86. The molecule has 222 valence electrons. The first-order valence-electron chi connectivity index (χ1n) is 14.7. The van der Waals surface area contributed by atoms with Crippen LogP contribution in [-0.4, -0.2) is 90.7 Å². The quantitative estimate of drug-likeness (QED) is 0.475. The van der Waals surface area contributed by atoms with E-state index in [1.54, 1.807) is 11.0 Å². The van der Waals surface area contributed by atoms with Gasteiger partial charge in [-0.1, -0.05) is 50.4 Å². The number of halogens is 2. The van der Waals surface area contributed by atoms with Crippen molar-refractivity contribution >= 4 is 35.0 Å². The van der Waals surface area contributed by atoms with Gasteiger partial charge in [0.25, 0.3) is 0 Å². The lowest BCUT2D eigenvalue weighted by molar-refractivity contribution is -0.142. The summed E-state index contributed by atoms with van der Waals surface area (Å²) in [4.78, 5) is 45.8. The topological polar surface area (TPSA) is 100 Å². The van der Waals surface area contributed by atoms with Gasteiger partial charge >= 0.3 is 0 Å². The third kappa shape index (κ3) is 5.07. The second kappa shape index (κ2) is 11.3. The molecule has 1 saturated carbocycles. The van der Waals surface area contributed by atoms with Crippen molar-refractivity contribution in [1.82, 2.24) is 15.1 Å². The molecule has 2 bridgehead atoms. The number of likely N-dealkylation sites (tertiary alicyclic amines) is 1. The molecule has 4 aliphatic heterocycles. The fourth-order valence-corrected chi connectivity index (χ4v) is 7.61. The summed E-state index contributed by atoms with van der Waals surface area (Å²) in [5.41, 5.74) is -0.908. The second-order valence-electron chi connectivity index (χ2n) is 12.2. The van der Waals surface area contributed by atoms with Gasteiger partial charge in [-0.2, -0.15) is 0 Å². The molecule has 0 aromatic heterocycles. The summed E-state index contributed by atoms with van der Waals surface area (Å²) in [6.07, 6.45) is 6.05. The molecule has 1 aromatic rings. The SMILES string of the molecule is C[C@H]1[C@H](C)CCC[C@@H]1NC(=O)[C@@H]1N(CCN2CCOCC2)C(=O)[C@H]2[C@H](C(=O)Nc3ccc(F)c(Cl)c3)[C@H]3C=C[C@@]12O3. The number of ether oxygens (including phenoxy) is 2. The van der Waals surface area contributed by atoms with Gasteiger partial charge in [0, 0.05) is 37.9 Å². The summed E-state index contributed by atoms with van der Waals surface area (Å²) in [5, 5.41) is 5.96. The summed E-state index contributed by atoms with van der Waals surface area (Å²) < 4.78 is 25.6. The lowest BCUT2D eigenvalue weighted by Crippen LogP contribution is -2.58. The zero-order valence-electron chi connectivity index (χ0n) is 23.5. The number of fused-ring (bicyclic) bond motifs is 1. The van der Waals surface area contributed by atoms with E-state index in [2.05, 4.69) is 29.4 Å². The summed E-state index contributed by atoms with van der Waals surface area (Å²) in [6, 6.07) is 3.07. The maximum atomic E-state index is 14.2. The predicted molar refractivity (Wildman–Crippen MR) is 151 cm³/mol. The van der Waals surface area contributed by atoms with Crippen LogP contribution in [0.3, 0.4) is 0 Å². The number of morpholine rings is 1. The molecule has 0 unspecified atom stereocenters. The van der Waals surface area contributed by atoms with Crippen LogP contribution in [0, 0.1) is 29.5 Å². The maximum absolute atomic E-state index is 14.2. The van der Waals surface area contributed by atoms with Gasteiger partial charge in [0.05, 0.1) is 36.2 Å². The number of carbonyl (C=O) groups excluding carboxylic acids is 3. The first-order valence-corrected chi connectivity index (χ1v) is 15.1. The molecule has 4 fully saturated rings. The van der Waals surface area contributed by atoms with Crippen molar-refractivity contribution in [2.24, 2.45) is 23.7 Å². The molecule has 1 aliphatic carbocycles. The standard InChI is InChI=1S/C30H38ClFN4O5/c1-17-4-3-5-22(18(17)2)34-28(38)26-30-9-8-23(41-30)24(27(37)33-19-6-7-21(32)20(31)16-19)25(30)29(39)36(26)11-10-35-12-14-40-15-13-35/h6-9,16-18,22-26H,3-5,10-15H2,1-2H3,(H,33,37)(H,34,38)/t17-,18+,22+,23-,24-,25-,26+,30+/m1/s1. The van der Waals surface area contributed by atoms with Crippen molar-refractivity contribution in [2.75, 3.05) is 44.7 Å². The Bertz CT molecular complexity index is 1240. The van der Waals surface area contributed by atoms with E-state index < -0.39 is 41.3 Å². The Hall–Kier alpha value is -2.53. The van der Waals surface area contributed by atoms with E-state index in [1.165, 1.54) is 18.2 Å². The minimum absolute atomic E-state index is 0.0165. The van der Waals surface area contributed by atoms with Crippen LogP contribution in [0.1, 0.15) is 33.1 Å². The highest BCUT2D eigenvalue weighted by Crippen LogP contribution is 2.55. The van der Waals surface area contributed by atoms with Crippen molar-refractivity contribution in [3.05, 3.63) is 41.2 Å². The molecule has 3 saturated heterocycles. The van der Waals surface area contributed by atoms with Crippen molar-refractivity contribution < 1.29 is 28.2 Å². The average molecular weight is 589 g/mol. The van der Waals surface area contributed by atoms with Crippen LogP contribution in [0.2, 0.25) is 5.02 Å². The van der Waals surface area contributed by atoms with Gasteiger partial charge in [-0.05, 0) is 36.5 Å². The highest BCUT2D eigenvalue weighted by Gasteiger charge is 2.72. The zero-order chi connectivity index (χ0) is 28.9. The number of benzene rings is 1. The molecule has 9 nitrogen and oxygen atoms in total. The normalized spacial score (nSPS) is 36.4. The fraction of sp³-hybridized carbons (Fsp3) is 0.633. The minimum Gasteiger partial charge on any atom is -0.379 e. The summed E-state index contributed by atoms with van der Waals surface area (Å²) in [7, 11) is 0. The van der Waals surface area contributed by atoms with E-state index >= 15 is 0 Å². The van der Waals surface area contributed by atoms with E-state index in [0.29, 0.717) is 43.8 Å². The van der Waals surface area contributed by atoms with Gasteiger partial charge in [-0.15, -0.1) is 0 Å². The summed E-state index contributed by atoms with van der Waals surface area (Å²) in [5.74, 6) is -2.38. The molecule has 5 aliphatic rings. The Balaban J connectivity index is 1.27. The van der Waals surface area contributed by atoms with Crippen molar-refractivity contribution in [1.29, 1.82) is 0 Å². The monoisotopic (exact) mass is 588 g/mol. The molecule has 4 heterocycles. The highest BCUT2D eigenvalue weighted by atomic mass is 35.5. The van der Waals surface area contributed by atoms with Gasteiger partial charge in [-0.25, -0.2) is 4.39 Å². The molecule has 8 atom stereocenters. The second-order valence-corrected chi connectivity index (χ2v) is 12.6. The molecule has 6 rings (SSSR count). The maximum Gasteiger partial charge on any atom is 0.246 e. The van der Waals surface area contributed by atoms with Crippen molar-refractivity contribution in [2.45, 2.75) is 56.9 Å². The van der Waals surface area contributed by atoms with Crippen LogP contribution >= 0.6 is 11.6 Å². The van der Waals surface area contributed by atoms with Crippen LogP contribution in [0.25, 0.3) is 0 Å². The van der Waals surface area contributed by atoms with E-state index in [4.69, 9.17) is 21.1 Å². The first kappa shape index (κ1) is 28.6. The number of carbonyl (C=O) groups is 3. The smallest absolute Gasteiger partial charge is 0.246 e. The molecular formula is C30H38ClFN4O5. The number of amides is 3. The Morgan fingerprint density at radius 2 is 1.93 bits per heavy atom. The van der Waals surface area contributed by atoms with Crippen molar-refractivity contribution in [3.8, 4) is 0 Å². The average Bonchev–Trinajstić information content (AvgIpc) is 3.60. The Morgan fingerprint density at radius 1 is 1.15 bits per heavy atom. The zero-order valence-corrected chi connectivity index (χ0v) is 24.2. The summed E-state index contributed by atoms with van der Waals surface area (Å²) >= 11 is 5.92. The van der Waals surface area contributed by atoms with Gasteiger partial charge in [-0.3, -0.25) is 19.3 Å². The highest BCUT2D eigenvalue weighted by molar-refractivity contribution is 6.31. The molecule has 1 spiro atoms. The van der Waals surface area contributed by atoms with Gasteiger partial charge in [0.15, 0.2) is 0 Å². The fourth-order valence-electron chi connectivity index (χ4n) is 7.43. The predicted octanol–water partition coefficient (Wildman–Crippen LogP) is 2.84. The van der Waals surface area contributed by atoms with E-state index in [1.807, 2.05) is 6.08 Å². The molecule has 3 amide bonds. The lowest BCUT2D eigenvalue weighted by atomic mass is 9.73. The number of rotatable bonds is 7. The largest absolute Gasteiger partial charge is 0.379 e. The minimum atomic E-state index is -1.23. The number of anilines is 1. The van der Waals surface area contributed by atoms with Crippen LogP contribution < -0.4 is 10.6 Å². The van der Waals surface area contributed by atoms with E-state index in [-0.39, 0.29) is 22.9 Å².